The van der Waals surface area contributed by atoms with E-state index in [1.165, 1.54) is 0 Å². The van der Waals surface area contributed by atoms with E-state index in [0.29, 0.717) is 40.6 Å². The molecule has 1 unspecified atom stereocenters. The van der Waals surface area contributed by atoms with Gasteiger partial charge in [0.05, 0.1) is 21.7 Å². The molecule has 0 radical (unpaired) electrons. The summed E-state index contributed by atoms with van der Waals surface area (Å²) in [6.45, 7) is 8.80. The SMILES string of the molecule is CC1(C)C(NC(=O)c2ccc(C#CCCCNc3ccc4c(c3)C(=O)N(C3CCC(=O)NC3=O)C4=O)cc2)C(C)(C)C1Oc1ccc(C#N)c(Cl)c1. The fraction of sp³-hybridized carbons (Fsp3) is 0.350. The lowest BCUT2D eigenvalue weighted by Gasteiger charge is -2.63. The number of nitrogens with zero attached hydrogens (tertiary/aromatic N) is 2. The van der Waals surface area contributed by atoms with Crippen molar-refractivity contribution in [3.05, 3.63) is 93.5 Å². The lowest BCUT2D eigenvalue weighted by Crippen LogP contribution is -2.74. The number of halogens is 1. The Morgan fingerprint density at radius 3 is 2.37 bits per heavy atom. The first kappa shape index (κ1) is 36.2. The van der Waals surface area contributed by atoms with Crippen LogP contribution in [0, 0.1) is 34.0 Å². The molecular weight excluding hydrogens is 682 g/mol. The maximum absolute atomic E-state index is 13.3. The number of benzene rings is 3. The topological polar surface area (TPSA) is 158 Å². The minimum atomic E-state index is -1.00. The number of piperidine rings is 1. The molecule has 2 fully saturated rings. The Balaban J connectivity index is 0.970. The molecule has 3 aromatic rings. The van der Waals surface area contributed by atoms with E-state index in [-0.39, 0.29) is 52.9 Å². The first-order valence-electron chi connectivity index (χ1n) is 17.1. The van der Waals surface area contributed by atoms with Crippen LogP contribution in [0.25, 0.3) is 0 Å². The quantitative estimate of drug-likeness (QED) is 0.149. The van der Waals surface area contributed by atoms with Gasteiger partial charge >= 0.3 is 0 Å². The summed E-state index contributed by atoms with van der Waals surface area (Å²) < 4.78 is 6.32. The Kier molecular flexibility index (Phi) is 9.85. The van der Waals surface area contributed by atoms with Gasteiger partial charge in [0.15, 0.2) is 0 Å². The van der Waals surface area contributed by atoms with Crippen molar-refractivity contribution < 1.29 is 28.7 Å². The van der Waals surface area contributed by atoms with Crippen LogP contribution < -0.4 is 20.7 Å². The van der Waals surface area contributed by atoms with Crippen LogP contribution in [0.3, 0.4) is 0 Å². The number of nitriles is 1. The zero-order valence-electron chi connectivity index (χ0n) is 29.3. The van der Waals surface area contributed by atoms with Gasteiger partial charge < -0.3 is 15.4 Å². The summed E-state index contributed by atoms with van der Waals surface area (Å²) in [5.41, 5.74) is 2.06. The van der Waals surface area contributed by atoms with E-state index in [1.807, 2.05) is 18.2 Å². The first-order chi connectivity index (χ1) is 24.7. The molecule has 0 spiro atoms. The summed E-state index contributed by atoms with van der Waals surface area (Å²) in [6.07, 6.45) is 1.29. The van der Waals surface area contributed by atoms with E-state index in [1.54, 1.807) is 48.5 Å². The third kappa shape index (κ3) is 6.84. The van der Waals surface area contributed by atoms with Gasteiger partial charge in [-0.15, -0.1) is 0 Å². The van der Waals surface area contributed by atoms with Gasteiger partial charge in [-0.1, -0.05) is 51.1 Å². The van der Waals surface area contributed by atoms with Crippen LogP contribution in [0.1, 0.15) is 95.6 Å². The van der Waals surface area contributed by atoms with Crippen LogP contribution in [0.2, 0.25) is 5.02 Å². The van der Waals surface area contributed by atoms with Gasteiger partial charge in [-0.3, -0.25) is 34.2 Å². The normalized spacial score (nSPS) is 21.2. The molecule has 1 aliphatic carbocycles. The van der Waals surface area contributed by atoms with Crippen LogP contribution in [0.15, 0.2) is 60.7 Å². The minimum Gasteiger partial charge on any atom is -0.489 e. The number of carbonyl (C=O) groups excluding carboxylic acids is 5. The number of hydrogen-bond donors (Lipinski definition) is 3. The van der Waals surface area contributed by atoms with Crippen LogP contribution >= 0.6 is 11.6 Å². The number of imide groups is 2. The number of fused-ring (bicyclic) bond motifs is 1. The Bertz CT molecular complexity index is 2080. The maximum atomic E-state index is 13.3. The van der Waals surface area contributed by atoms with Gasteiger partial charge in [-0.25, -0.2) is 0 Å². The molecule has 3 aromatic carbocycles. The average molecular weight is 720 g/mol. The molecule has 12 heteroatoms. The van der Waals surface area contributed by atoms with E-state index in [0.717, 1.165) is 16.9 Å². The molecule has 1 saturated carbocycles. The predicted molar refractivity (Wildman–Crippen MR) is 194 cm³/mol. The zero-order chi connectivity index (χ0) is 37.4. The zero-order valence-corrected chi connectivity index (χ0v) is 30.0. The second-order valence-electron chi connectivity index (χ2n) is 14.4. The highest BCUT2D eigenvalue weighted by Crippen LogP contribution is 2.55. The highest BCUT2D eigenvalue weighted by atomic mass is 35.5. The van der Waals surface area contributed by atoms with Crippen LogP contribution in [0.4, 0.5) is 5.69 Å². The summed E-state index contributed by atoms with van der Waals surface area (Å²) in [4.78, 5) is 64.0. The van der Waals surface area contributed by atoms with Crippen LogP contribution in [-0.4, -0.2) is 59.2 Å². The summed E-state index contributed by atoms with van der Waals surface area (Å²) in [5, 5.41) is 18.1. The monoisotopic (exact) mass is 719 g/mol. The predicted octanol–water partition coefficient (Wildman–Crippen LogP) is 5.47. The van der Waals surface area contributed by atoms with Crippen molar-refractivity contribution in [2.24, 2.45) is 10.8 Å². The van der Waals surface area contributed by atoms with Gasteiger partial charge in [0.1, 0.15) is 24.0 Å². The molecule has 6 rings (SSSR count). The molecular formula is C40H38ClN5O6. The highest BCUT2D eigenvalue weighted by Gasteiger charge is 2.64. The fourth-order valence-corrected chi connectivity index (χ4v) is 7.88. The molecule has 0 aromatic heterocycles. The average Bonchev–Trinajstić information content (AvgIpc) is 3.35. The molecule has 1 saturated heterocycles. The Labute approximate surface area is 307 Å². The van der Waals surface area contributed by atoms with E-state index < -0.39 is 29.7 Å². The molecule has 52 heavy (non-hydrogen) atoms. The molecule has 11 nitrogen and oxygen atoms in total. The molecule has 1 atom stereocenters. The van der Waals surface area contributed by atoms with Crippen molar-refractivity contribution in [1.29, 1.82) is 5.26 Å². The van der Waals surface area contributed by atoms with Crippen molar-refractivity contribution >= 4 is 46.8 Å². The van der Waals surface area contributed by atoms with Crippen molar-refractivity contribution in [3.8, 4) is 23.7 Å². The largest absolute Gasteiger partial charge is 0.489 e. The summed E-state index contributed by atoms with van der Waals surface area (Å²) in [7, 11) is 0. The van der Waals surface area contributed by atoms with Crippen molar-refractivity contribution in [1.82, 2.24) is 15.5 Å². The number of ether oxygens (including phenoxy) is 1. The standard InChI is InChI=1S/C40H38ClN5O6/c1-39(2)37(40(3,4)38(39)52-27-15-13-25(22-42)30(41)21-27)45-33(48)24-11-9-23(10-12-24)8-6-5-7-19-43-26-14-16-28-29(20-26)36(51)46(35(28)50)31-17-18-32(47)44-34(31)49/h9-16,20-21,31,37-38,43H,5,7,17-19H2,1-4H3,(H,45,48)(H,44,47,49). The first-order valence-corrected chi connectivity index (χ1v) is 17.5. The number of rotatable bonds is 9. The third-order valence-corrected chi connectivity index (χ3v) is 10.4. The molecule has 3 N–H and O–H groups in total. The van der Waals surface area contributed by atoms with Crippen molar-refractivity contribution in [3.63, 3.8) is 0 Å². The molecule has 266 valence electrons. The highest BCUT2D eigenvalue weighted by molar-refractivity contribution is 6.31. The van der Waals surface area contributed by atoms with Gasteiger partial charge in [0, 0.05) is 59.1 Å². The number of amides is 5. The van der Waals surface area contributed by atoms with Gasteiger partial charge in [0.2, 0.25) is 11.8 Å². The van der Waals surface area contributed by atoms with E-state index in [4.69, 9.17) is 21.6 Å². The number of nitrogens with one attached hydrogen (secondary N) is 3. The van der Waals surface area contributed by atoms with Gasteiger partial charge in [-0.2, -0.15) is 5.26 Å². The lowest BCUT2D eigenvalue weighted by atomic mass is 9.49. The minimum absolute atomic E-state index is 0.0674. The third-order valence-electron chi connectivity index (χ3n) is 10.1. The Morgan fingerprint density at radius 1 is 0.981 bits per heavy atom. The van der Waals surface area contributed by atoms with Crippen molar-refractivity contribution in [2.75, 3.05) is 11.9 Å². The summed E-state index contributed by atoms with van der Waals surface area (Å²) in [5.74, 6) is 4.53. The Morgan fingerprint density at radius 2 is 1.69 bits per heavy atom. The smallest absolute Gasteiger partial charge is 0.262 e. The van der Waals surface area contributed by atoms with Crippen LogP contribution in [-0.2, 0) is 9.59 Å². The molecule has 2 aliphatic heterocycles. The second-order valence-corrected chi connectivity index (χ2v) is 14.8. The van der Waals surface area contributed by atoms with Gasteiger partial charge in [0.25, 0.3) is 17.7 Å². The van der Waals surface area contributed by atoms with Crippen molar-refractivity contribution in [2.45, 2.75) is 71.6 Å². The lowest BCUT2D eigenvalue weighted by molar-refractivity contribution is -0.164. The van der Waals surface area contributed by atoms with E-state index in [9.17, 15) is 24.0 Å². The molecule has 2 heterocycles. The summed E-state index contributed by atoms with van der Waals surface area (Å²) in [6, 6.07) is 17.9. The van der Waals surface area contributed by atoms with Crippen LogP contribution in [0.5, 0.6) is 5.75 Å². The number of anilines is 1. The van der Waals surface area contributed by atoms with E-state index in [2.05, 4.69) is 55.5 Å². The number of hydrogen-bond acceptors (Lipinski definition) is 8. The van der Waals surface area contributed by atoms with E-state index >= 15 is 0 Å². The Hall–Kier alpha value is -5.65. The number of unbranched alkanes of at least 4 members (excludes halogenated alkanes) is 1. The van der Waals surface area contributed by atoms with Gasteiger partial charge in [-0.05, 0) is 67.4 Å². The second kappa shape index (κ2) is 14.2. The molecule has 0 bridgehead atoms. The number of carbonyl (C=O) groups is 5. The molecule has 3 aliphatic rings. The fourth-order valence-electron chi connectivity index (χ4n) is 7.67. The summed E-state index contributed by atoms with van der Waals surface area (Å²) >= 11 is 6.21. The molecule has 5 amide bonds. The maximum Gasteiger partial charge on any atom is 0.262 e.